The van der Waals surface area contributed by atoms with Crippen LogP contribution in [0, 0.1) is 0 Å². The van der Waals surface area contributed by atoms with E-state index in [2.05, 4.69) is 12.2 Å². The predicted octanol–water partition coefficient (Wildman–Crippen LogP) is -2.34. The molecule has 0 saturated carbocycles. The van der Waals surface area contributed by atoms with E-state index in [-0.39, 0.29) is 71.4 Å². The van der Waals surface area contributed by atoms with Crippen molar-refractivity contribution in [3.05, 3.63) is 0 Å². The number of carbonyl (C=O) groups excluding carboxylic acids is 3. The number of hydrogen-bond acceptors (Lipinski definition) is 5. The normalized spacial score (nSPS) is 10.6. The summed E-state index contributed by atoms with van der Waals surface area (Å²) < 4.78 is 0. The van der Waals surface area contributed by atoms with Gasteiger partial charge in [0.1, 0.15) is 0 Å². The number of carbonyl (C=O) groups is 3. The van der Waals surface area contributed by atoms with Crippen LogP contribution in [0.25, 0.3) is 0 Å². The van der Waals surface area contributed by atoms with Crippen LogP contribution < -0.4 is 74.6 Å². The first-order valence-electron chi connectivity index (χ1n) is 12.0. The van der Waals surface area contributed by atoms with Gasteiger partial charge in [0.25, 0.3) is 0 Å². The van der Waals surface area contributed by atoms with Crippen LogP contribution >= 0.6 is 0 Å². The molecule has 0 heterocycles. The first-order valence-corrected chi connectivity index (χ1v) is 12.0. The second-order valence-electron chi connectivity index (χ2n) is 8.03. The third kappa shape index (κ3) is 35.0. The summed E-state index contributed by atoms with van der Waals surface area (Å²) in [5.41, 5.74) is 0. The molecule has 0 aliphatic rings. The number of rotatable bonds is 19. The van der Waals surface area contributed by atoms with E-state index in [4.69, 9.17) is 0 Å². The standard InChI is InChI=1S/C21H41NO3.C3H6O2.2Na/c1-3-4-5-6-7-8-9-10-11-12-13-14-15-16-17-18-20(23)22-19(2)21(24)25;1-2-3(4)5;;/h19H,3-18H2,1-2H3,(H,22,23)(H,24,25);2H2,1H3,(H,4,5);;/q;;2*+1/p-2. The molecule has 0 fully saturated rings. The molecular formula is C24H45NNa2O5. The molecule has 0 aliphatic carbocycles. The molecule has 178 valence electrons. The molecule has 0 bridgehead atoms. The van der Waals surface area contributed by atoms with E-state index in [1.165, 1.54) is 97.3 Å². The van der Waals surface area contributed by atoms with E-state index in [9.17, 15) is 24.6 Å². The number of carboxylic acids is 2. The van der Waals surface area contributed by atoms with Gasteiger partial charge < -0.3 is 25.1 Å². The minimum absolute atomic E-state index is 0. The number of unbranched alkanes of at least 4 members (excludes halogenated alkanes) is 14. The first kappa shape index (κ1) is 39.6. The maximum atomic E-state index is 11.5. The van der Waals surface area contributed by atoms with Crippen molar-refractivity contribution in [2.75, 3.05) is 0 Å². The minimum atomic E-state index is -1.23. The molecule has 1 amide bonds. The Balaban J connectivity index is -0.000000501. The molecule has 0 aromatic heterocycles. The number of aliphatic carboxylic acids is 2. The molecule has 32 heavy (non-hydrogen) atoms. The molecule has 0 aromatic rings. The summed E-state index contributed by atoms with van der Waals surface area (Å²) in [5, 5.41) is 22.2. The average molecular weight is 474 g/mol. The predicted molar refractivity (Wildman–Crippen MR) is 117 cm³/mol. The quantitative estimate of drug-likeness (QED) is 0.167. The van der Waals surface area contributed by atoms with Crippen molar-refractivity contribution in [2.45, 2.75) is 136 Å². The fraction of sp³-hybridized carbons (Fsp3) is 0.875. The van der Waals surface area contributed by atoms with Crippen LogP contribution in [-0.4, -0.2) is 23.9 Å². The van der Waals surface area contributed by atoms with E-state index in [1.54, 1.807) is 0 Å². The molecule has 0 aromatic carbocycles. The fourth-order valence-electron chi connectivity index (χ4n) is 3.03. The summed E-state index contributed by atoms with van der Waals surface area (Å²) in [7, 11) is 0. The van der Waals surface area contributed by atoms with E-state index < -0.39 is 18.0 Å². The molecular weight excluding hydrogens is 428 g/mol. The van der Waals surface area contributed by atoms with E-state index in [0.717, 1.165) is 12.8 Å². The zero-order valence-corrected chi connectivity index (χ0v) is 25.6. The van der Waals surface area contributed by atoms with Gasteiger partial charge in [0.05, 0.1) is 12.0 Å². The van der Waals surface area contributed by atoms with Crippen molar-refractivity contribution in [3.63, 3.8) is 0 Å². The van der Waals surface area contributed by atoms with Gasteiger partial charge in [-0.1, -0.05) is 104 Å². The van der Waals surface area contributed by atoms with Gasteiger partial charge in [0, 0.05) is 12.4 Å². The van der Waals surface area contributed by atoms with Crippen LogP contribution in [0.5, 0.6) is 0 Å². The Hall–Kier alpha value is 0.410. The number of nitrogens with one attached hydrogen (secondary N) is 1. The molecule has 0 rings (SSSR count). The summed E-state index contributed by atoms with van der Waals surface area (Å²) in [6.45, 7) is 5.23. The van der Waals surface area contributed by atoms with Crippen LogP contribution in [0.1, 0.15) is 130 Å². The van der Waals surface area contributed by atoms with Gasteiger partial charge in [-0.25, -0.2) is 0 Å². The van der Waals surface area contributed by atoms with Crippen molar-refractivity contribution in [1.82, 2.24) is 5.32 Å². The Kier molecular flexibility index (Phi) is 38.9. The molecule has 8 heteroatoms. The van der Waals surface area contributed by atoms with Gasteiger partial charge >= 0.3 is 59.1 Å². The summed E-state index contributed by atoms with van der Waals surface area (Å²) in [6, 6.07) is -0.899. The Morgan fingerprint density at radius 2 is 0.969 bits per heavy atom. The summed E-state index contributed by atoms with van der Waals surface area (Å²) in [5.74, 6) is -2.42. The zero-order chi connectivity index (χ0) is 23.0. The van der Waals surface area contributed by atoms with Gasteiger partial charge in [-0.3, -0.25) is 4.79 Å². The Labute approximate surface area is 241 Å². The average Bonchev–Trinajstić information content (AvgIpc) is 2.71. The van der Waals surface area contributed by atoms with E-state index in [1.807, 2.05) is 0 Å². The minimum Gasteiger partial charge on any atom is -0.550 e. The summed E-state index contributed by atoms with van der Waals surface area (Å²) in [6.07, 6.45) is 19.9. The molecule has 0 aliphatic heterocycles. The van der Waals surface area contributed by atoms with Crippen LogP contribution in [0.4, 0.5) is 0 Å². The molecule has 0 spiro atoms. The summed E-state index contributed by atoms with van der Waals surface area (Å²) >= 11 is 0. The van der Waals surface area contributed by atoms with Crippen molar-refractivity contribution in [1.29, 1.82) is 0 Å². The van der Waals surface area contributed by atoms with E-state index in [0.29, 0.717) is 6.42 Å². The van der Waals surface area contributed by atoms with Gasteiger partial charge in [-0.05, 0) is 19.8 Å². The van der Waals surface area contributed by atoms with Crippen molar-refractivity contribution < 1.29 is 83.7 Å². The Bertz CT molecular complexity index is 437. The van der Waals surface area contributed by atoms with Crippen LogP contribution in [0.3, 0.4) is 0 Å². The molecule has 1 unspecified atom stereocenters. The maximum absolute atomic E-state index is 11.5. The third-order valence-electron chi connectivity index (χ3n) is 5.03. The molecule has 0 saturated heterocycles. The number of carboxylic acid groups (broad SMARTS) is 2. The molecule has 1 N–H and O–H groups in total. The van der Waals surface area contributed by atoms with Crippen molar-refractivity contribution in [3.8, 4) is 0 Å². The number of amides is 1. The van der Waals surface area contributed by atoms with Crippen LogP contribution in [0.15, 0.2) is 0 Å². The Morgan fingerprint density at radius 1 is 0.656 bits per heavy atom. The smallest absolute Gasteiger partial charge is 0.550 e. The van der Waals surface area contributed by atoms with Crippen LogP contribution in [0.2, 0.25) is 0 Å². The third-order valence-corrected chi connectivity index (χ3v) is 5.03. The molecule has 0 radical (unpaired) electrons. The second kappa shape index (κ2) is 31.4. The molecule has 6 nitrogen and oxygen atoms in total. The first-order chi connectivity index (χ1) is 14.3. The van der Waals surface area contributed by atoms with Gasteiger partial charge in [-0.15, -0.1) is 0 Å². The largest absolute Gasteiger partial charge is 1.00 e. The SMILES string of the molecule is CCC(=O)[O-].CCCCCCCCCCCCCCCCCC(=O)NC(C)C(=O)[O-].[Na+].[Na+]. The van der Waals surface area contributed by atoms with Crippen LogP contribution in [-0.2, 0) is 14.4 Å². The number of hydrogen-bond donors (Lipinski definition) is 1. The Morgan fingerprint density at radius 3 is 1.25 bits per heavy atom. The van der Waals surface area contributed by atoms with Gasteiger partial charge in [0.2, 0.25) is 5.91 Å². The van der Waals surface area contributed by atoms with Gasteiger partial charge in [-0.2, -0.15) is 0 Å². The van der Waals surface area contributed by atoms with Crippen molar-refractivity contribution in [2.24, 2.45) is 0 Å². The zero-order valence-electron chi connectivity index (χ0n) is 21.6. The van der Waals surface area contributed by atoms with Crippen molar-refractivity contribution >= 4 is 17.8 Å². The second-order valence-corrected chi connectivity index (χ2v) is 8.03. The monoisotopic (exact) mass is 473 g/mol. The fourth-order valence-corrected chi connectivity index (χ4v) is 3.03. The topological polar surface area (TPSA) is 109 Å². The maximum Gasteiger partial charge on any atom is 1.00 e. The molecule has 1 atom stereocenters. The van der Waals surface area contributed by atoms with Gasteiger partial charge in [0.15, 0.2) is 0 Å². The van der Waals surface area contributed by atoms with E-state index >= 15 is 0 Å². The summed E-state index contributed by atoms with van der Waals surface area (Å²) in [4.78, 5) is 31.3.